The van der Waals surface area contributed by atoms with Gasteiger partial charge in [-0.1, -0.05) is 31.5 Å². The Morgan fingerprint density at radius 2 is 2.11 bits per heavy atom. The molecule has 2 unspecified atom stereocenters. The first-order chi connectivity index (χ1) is 8.61. The quantitative estimate of drug-likeness (QED) is 0.876. The maximum absolute atomic E-state index is 3.46. The summed E-state index contributed by atoms with van der Waals surface area (Å²) < 4.78 is 0. The number of nitrogens with one attached hydrogen (secondary N) is 1. The maximum atomic E-state index is 3.46. The monoisotopic (exact) mass is 246 g/mol. The molecule has 0 amide bonds. The topological polar surface area (TPSA) is 15.3 Å². The predicted molar refractivity (Wildman–Crippen MR) is 79.1 cm³/mol. The van der Waals surface area contributed by atoms with E-state index in [0.717, 1.165) is 19.0 Å². The van der Waals surface area contributed by atoms with Crippen molar-refractivity contribution in [1.29, 1.82) is 0 Å². The van der Waals surface area contributed by atoms with Crippen LogP contribution in [0.4, 0.5) is 5.69 Å². The number of hydrogen-bond donors (Lipinski definition) is 1. The van der Waals surface area contributed by atoms with E-state index in [1.807, 2.05) is 0 Å². The van der Waals surface area contributed by atoms with Crippen LogP contribution in [-0.2, 0) is 6.54 Å². The zero-order valence-corrected chi connectivity index (χ0v) is 12.2. The normalized spacial score (nSPS) is 23.7. The van der Waals surface area contributed by atoms with Gasteiger partial charge in [-0.3, -0.25) is 0 Å². The number of anilines is 1. The number of aryl methyl sites for hydroxylation is 1. The molecule has 100 valence electrons. The van der Waals surface area contributed by atoms with Crippen LogP contribution >= 0.6 is 0 Å². The molecule has 2 rings (SSSR count). The third-order valence-corrected chi connectivity index (χ3v) is 3.89. The number of benzene rings is 1. The van der Waals surface area contributed by atoms with E-state index in [-0.39, 0.29) is 0 Å². The Bertz CT molecular complexity index is 400. The highest BCUT2D eigenvalue weighted by Gasteiger charge is 2.27. The second-order valence-electron chi connectivity index (χ2n) is 5.75. The van der Waals surface area contributed by atoms with E-state index in [0.29, 0.717) is 6.04 Å². The van der Waals surface area contributed by atoms with Crippen molar-refractivity contribution < 1.29 is 0 Å². The molecule has 0 bridgehead atoms. The van der Waals surface area contributed by atoms with Crippen LogP contribution in [0, 0.1) is 12.8 Å². The molecule has 1 fully saturated rings. The van der Waals surface area contributed by atoms with E-state index < -0.39 is 0 Å². The Hall–Kier alpha value is -1.02. The Balaban J connectivity index is 2.25. The average Bonchev–Trinajstić information content (AvgIpc) is 2.66. The summed E-state index contributed by atoms with van der Waals surface area (Å²) in [6, 6.07) is 7.54. The number of hydrogen-bond acceptors (Lipinski definition) is 2. The molecule has 2 heteroatoms. The fourth-order valence-electron chi connectivity index (χ4n) is 3.03. The van der Waals surface area contributed by atoms with E-state index in [1.165, 1.54) is 29.8 Å². The molecule has 1 aromatic carbocycles. The van der Waals surface area contributed by atoms with Crippen LogP contribution in [0.5, 0.6) is 0 Å². The second kappa shape index (κ2) is 5.75. The predicted octanol–water partition coefficient (Wildman–Crippen LogP) is 3.34. The molecule has 0 spiro atoms. The van der Waals surface area contributed by atoms with Crippen molar-refractivity contribution in [1.82, 2.24) is 5.32 Å². The lowest BCUT2D eigenvalue weighted by Gasteiger charge is -2.27. The fourth-order valence-corrected chi connectivity index (χ4v) is 3.03. The minimum absolute atomic E-state index is 0.670. The third kappa shape index (κ3) is 2.86. The standard InChI is InChI=1S/C16H26N2/c1-5-17-10-15-9-12(2)6-7-16(15)18-11-13(3)8-14(18)4/h6-7,9,13-14,17H,5,8,10-11H2,1-4H3. The summed E-state index contributed by atoms with van der Waals surface area (Å²) in [7, 11) is 0. The molecule has 0 radical (unpaired) electrons. The summed E-state index contributed by atoms with van der Waals surface area (Å²) >= 11 is 0. The van der Waals surface area contributed by atoms with Gasteiger partial charge in [0.15, 0.2) is 0 Å². The highest BCUT2D eigenvalue weighted by molar-refractivity contribution is 5.56. The molecule has 1 aliphatic rings. The van der Waals surface area contributed by atoms with E-state index in [2.05, 4.69) is 56.1 Å². The van der Waals surface area contributed by atoms with Gasteiger partial charge in [0.25, 0.3) is 0 Å². The van der Waals surface area contributed by atoms with Crippen LogP contribution in [0.1, 0.15) is 38.3 Å². The molecule has 18 heavy (non-hydrogen) atoms. The summed E-state index contributed by atoms with van der Waals surface area (Å²) in [5, 5.41) is 3.46. The Morgan fingerprint density at radius 3 is 2.72 bits per heavy atom. The molecule has 1 heterocycles. The van der Waals surface area contributed by atoms with Crippen LogP contribution in [0.25, 0.3) is 0 Å². The van der Waals surface area contributed by atoms with Gasteiger partial charge in [-0.15, -0.1) is 0 Å². The van der Waals surface area contributed by atoms with E-state index in [9.17, 15) is 0 Å². The first kappa shape index (κ1) is 13.4. The second-order valence-corrected chi connectivity index (χ2v) is 5.75. The Morgan fingerprint density at radius 1 is 1.33 bits per heavy atom. The number of rotatable bonds is 4. The van der Waals surface area contributed by atoms with Gasteiger partial charge >= 0.3 is 0 Å². The lowest BCUT2D eigenvalue weighted by molar-refractivity contribution is 0.625. The van der Waals surface area contributed by atoms with Gasteiger partial charge in [0, 0.05) is 24.8 Å². The zero-order valence-electron chi connectivity index (χ0n) is 12.2. The third-order valence-electron chi connectivity index (χ3n) is 3.89. The number of nitrogens with zero attached hydrogens (tertiary/aromatic N) is 1. The molecule has 0 aliphatic carbocycles. The molecule has 0 aromatic heterocycles. The zero-order chi connectivity index (χ0) is 13.1. The minimum atomic E-state index is 0.670. The van der Waals surface area contributed by atoms with Gasteiger partial charge in [0.2, 0.25) is 0 Å². The molecule has 1 N–H and O–H groups in total. The van der Waals surface area contributed by atoms with E-state index in [1.54, 1.807) is 0 Å². The van der Waals surface area contributed by atoms with Gasteiger partial charge in [0.05, 0.1) is 0 Å². The molecular formula is C16H26N2. The largest absolute Gasteiger partial charge is 0.368 e. The van der Waals surface area contributed by atoms with Crippen molar-refractivity contribution in [3.63, 3.8) is 0 Å². The van der Waals surface area contributed by atoms with Crippen molar-refractivity contribution in [2.24, 2.45) is 5.92 Å². The van der Waals surface area contributed by atoms with E-state index >= 15 is 0 Å². The minimum Gasteiger partial charge on any atom is -0.368 e. The molecular weight excluding hydrogens is 220 g/mol. The van der Waals surface area contributed by atoms with Gasteiger partial charge in [-0.2, -0.15) is 0 Å². The van der Waals surface area contributed by atoms with Gasteiger partial charge in [-0.25, -0.2) is 0 Å². The van der Waals surface area contributed by atoms with Crippen LogP contribution in [0.3, 0.4) is 0 Å². The lowest BCUT2D eigenvalue weighted by atomic mass is 10.1. The summed E-state index contributed by atoms with van der Waals surface area (Å²) in [6.45, 7) is 12.2. The fraction of sp³-hybridized carbons (Fsp3) is 0.625. The summed E-state index contributed by atoms with van der Waals surface area (Å²) in [4.78, 5) is 2.58. The van der Waals surface area contributed by atoms with Crippen molar-refractivity contribution in [3.05, 3.63) is 29.3 Å². The smallest absolute Gasteiger partial charge is 0.0414 e. The molecule has 2 atom stereocenters. The van der Waals surface area contributed by atoms with Crippen molar-refractivity contribution in [2.45, 2.75) is 46.7 Å². The van der Waals surface area contributed by atoms with Crippen molar-refractivity contribution >= 4 is 5.69 Å². The van der Waals surface area contributed by atoms with Crippen molar-refractivity contribution in [2.75, 3.05) is 18.0 Å². The van der Waals surface area contributed by atoms with Crippen LogP contribution in [0.2, 0.25) is 0 Å². The van der Waals surface area contributed by atoms with Crippen molar-refractivity contribution in [3.8, 4) is 0 Å². The van der Waals surface area contributed by atoms with E-state index in [4.69, 9.17) is 0 Å². The van der Waals surface area contributed by atoms with Gasteiger partial charge < -0.3 is 10.2 Å². The molecule has 2 nitrogen and oxygen atoms in total. The first-order valence-electron chi connectivity index (χ1n) is 7.18. The Kier molecular flexibility index (Phi) is 4.28. The highest BCUT2D eigenvalue weighted by atomic mass is 15.2. The Labute approximate surface area is 111 Å². The van der Waals surface area contributed by atoms with Gasteiger partial charge in [-0.05, 0) is 44.4 Å². The van der Waals surface area contributed by atoms with Crippen LogP contribution in [-0.4, -0.2) is 19.1 Å². The van der Waals surface area contributed by atoms with Crippen LogP contribution in [0.15, 0.2) is 18.2 Å². The maximum Gasteiger partial charge on any atom is 0.0414 e. The average molecular weight is 246 g/mol. The highest BCUT2D eigenvalue weighted by Crippen LogP contribution is 2.31. The SMILES string of the molecule is CCNCc1cc(C)ccc1N1CC(C)CC1C. The van der Waals surface area contributed by atoms with Gasteiger partial charge in [0.1, 0.15) is 0 Å². The molecule has 1 aliphatic heterocycles. The lowest BCUT2D eigenvalue weighted by Crippen LogP contribution is -2.28. The summed E-state index contributed by atoms with van der Waals surface area (Å²) in [5.74, 6) is 0.813. The molecule has 0 saturated carbocycles. The summed E-state index contributed by atoms with van der Waals surface area (Å²) in [5.41, 5.74) is 4.22. The molecule has 1 aromatic rings. The summed E-state index contributed by atoms with van der Waals surface area (Å²) in [6.07, 6.45) is 1.31. The van der Waals surface area contributed by atoms with Crippen LogP contribution < -0.4 is 10.2 Å². The first-order valence-corrected chi connectivity index (χ1v) is 7.18. The molecule has 1 saturated heterocycles.